The molecule has 0 aliphatic carbocycles. The van der Waals surface area contributed by atoms with E-state index in [1.54, 1.807) is 19.2 Å². The number of hydrogen-bond acceptors (Lipinski definition) is 4. The predicted molar refractivity (Wildman–Crippen MR) is 66.2 cm³/mol. The van der Waals surface area contributed by atoms with Crippen LogP contribution in [-0.2, 0) is 6.54 Å². The monoisotopic (exact) mass is 238 g/mol. The summed E-state index contributed by atoms with van der Waals surface area (Å²) < 4.78 is 5.62. The zero-order chi connectivity index (χ0) is 12.8. The van der Waals surface area contributed by atoms with Crippen LogP contribution >= 0.6 is 0 Å². The molecule has 5 nitrogen and oxygen atoms in total. The summed E-state index contributed by atoms with van der Waals surface area (Å²) in [7, 11) is 1.80. The minimum Gasteiger partial charge on any atom is -0.493 e. The number of nitrogens with one attached hydrogen (secondary N) is 1. The van der Waals surface area contributed by atoms with Crippen molar-refractivity contribution >= 4 is 5.69 Å². The average molecular weight is 238 g/mol. The van der Waals surface area contributed by atoms with Gasteiger partial charge < -0.3 is 10.1 Å². The van der Waals surface area contributed by atoms with Crippen LogP contribution in [0.4, 0.5) is 5.69 Å². The van der Waals surface area contributed by atoms with Crippen molar-refractivity contribution in [2.24, 2.45) is 5.92 Å². The highest BCUT2D eigenvalue weighted by molar-refractivity contribution is 5.43. The van der Waals surface area contributed by atoms with E-state index in [1.165, 1.54) is 6.07 Å². The molecule has 0 radical (unpaired) electrons. The molecule has 0 unspecified atom stereocenters. The van der Waals surface area contributed by atoms with Gasteiger partial charge in [-0.1, -0.05) is 13.8 Å². The van der Waals surface area contributed by atoms with Gasteiger partial charge in [-0.15, -0.1) is 0 Å². The molecule has 0 saturated heterocycles. The molecule has 17 heavy (non-hydrogen) atoms. The maximum absolute atomic E-state index is 10.7. The molecule has 0 atom stereocenters. The van der Waals surface area contributed by atoms with Crippen LogP contribution in [0.25, 0.3) is 0 Å². The van der Waals surface area contributed by atoms with E-state index in [2.05, 4.69) is 19.2 Å². The Balaban J connectivity index is 2.91. The first-order valence-electron chi connectivity index (χ1n) is 5.59. The summed E-state index contributed by atoms with van der Waals surface area (Å²) in [5.74, 6) is 1.13. The quantitative estimate of drug-likeness (QED) is 0.610. The second-order valence-corrected chi connectivity index (χ2v) is 4.28. The Labute approximate surface area is 101 Å². The van der Waals surface area contributed by atoms with Crippen LogP contribution in [0.1, 0.15) is 19.4 Å². The van der Waals surface area contributed by atoms with Crippen LogP contribution < -0.4 is 10.1 Å². The number of nitro benzene ring substituents is 1. The molecular weight excluding hydrogens is 220 g/mol. The number of nitrogens with zero attached hydrogens (tertiary/aromatic N) is 1. The van der Waals surface area contributed by atoms with Crippen LogP contribution in [0.15, 0.2) is 18.2 Å². The lowest BCUT2D eigenvalue weighted by atomic mass is 10.1. The Kier molecular flexibility index (Phi) is 4.90. The third-order valence-corrected chi connectivity index (χ3v) is 2.19. The second-order valence-electron chi connectivity index (χ2n) is 4.28. The fourth-order valence-electron chi connectivity index (χ4n) is 1.41. The summed E-state index contributed by atoms with van der Waals surface area (Å²) in [6.45, 7) is 5.27. The molecule has 0 spiro atoms. The topological polar surface area (TPSA) is 64.4 Å². The van der Waals surface area contributed by atoms with E-state index in [4.69, 9.17) is 4.74 Å². The van der Waals surface area contributed by atoms with Gasteiger partial charge in [0.2, 0.25) is 0 Å². The predicted octanol–water partition coefficient (Wildman–Crippen LogP) is 2.35. The van der Waals surface area contributed by atoms with Gasteiger partial charge in [0.1, 0.15) is 5.75 Å². The Bertz CT molecular complexity index is 391. The third-order valence-electron chi connectivity index (χ3n) is 2.19. The normalized spacial score (nSPS) is 10.6. The van der Waals surface area contributed by atoms with Crippen molar-refractivity contribution in [3.05, 3.63) is 33.9 Å². The molecule has 94 valence electrons. The first-order chi connectivity index (χ1) is 8.04. The van der Waals surface area contributed by atoms with Gasteiger partial charge in [0, 0.05) is 24.2 Å². The lowest BCUT2D eigenvalue weighted by Gasteiger charge is -2.12. The smallest absolute Gasteiger partial charge is 0.270 e. The molecule has 1 aromatic carbocycles. The molecule has 0 bridgehead atoms. The maximum atomic E-state index is 10.7. The van der Waals surface area contributed by atoms with Gasteiger partial charge in [-0.05, 0) is 19.0 Å². The summed E-state index contributed by atoms with van der Waals surface area (Å²) in [6.07, 6.45) is 0. The Hall–Kier alpha value is -1.62. The third kappa shape index (κ3) is 4.03. The second kappa shape index (κ2) is 6.20. The molecular formula is C12H18N2O3. The zero-order valence-corrected chi connectivity index (χ0v) is 10.4. The van der Waals surface area contributed by atoms with E-state index in [9.17, 15) is 10.1 Å². The van der Waals surface area contributed by atoms with Crippen molar-refractivity contribution in [1.29, 1.82) is 0 Å². The van der Waals surface area contributed by atoms with Crippen molar-refractivity contribution in [3.63, 3.8) is 0 Å². The van der Waals surface area contributed by atoms with Gasteiger partial charge in [0.05, 0.1) is 11.5 Å². The molecule has 0 aliphatic heterocycles. The molecule has 0 heterocycles. The van der Waals surface area contributed by atoms with E-state index in [0.717, 1.165) is 5.56 Å². The van der Waals surface area contributed by atoms with Gasteiger partial charge >= 0.3 is 0 Å². The lowest BCUT2D eigenvalue weighted by molar-refractivity contribution is -0.384. The Morgan fingerprint density at radius 2 is 2.18 bits per heavy atom. The molecule has 0 amide bonds. The molecule has 1 aromatic rings. The molecule has 0 fully saturated rings. The number of nitro groups is 1. The van der Waals surface area contributed by atoms with Gasteiger partial charge in [-0.25, -0.2) is 0 Å². The number of hydrogen-bond donors (Lipinski definition) is 1. The number of benzene rings is 1. The summed E-state index contributed by atoms with van der Waals surface area (Å²) in [5.41, 5.74) is 0.898. The minimum atomic E-state index is -0.397. The van der Waals surface area contributed by atoms with E-state index in [0.29, 0.717) is 24.8 Å². The van der Waals surface area contributed by atoms with Crippen molar-refractivity contribution in [2.45, 2.75) is 20.4 Å². The molecule has 0 aliphatic rings. The number of rotatable bonds is 6. The van der Waals surface area contributed by atoms with Gasteiger partial charge in [-0.3, -0.25) is 10.1 Å². The fourth-order valence-corrected chi connectivity index (χ4v) is 1.41. The lowest BCUT2D eigenvalue weighted by Crippen LogP contribution is -2.10. The first kappa shape index (κ1) is 13.4. The van der Waals surface area contributed by atoms with Crippen LogP contribution in [-0.4, -0.2) is 18.6 Å². The molecule has 0 aromatic heterocycles. The van der Waals surface area contributed by atoms with E-state index >= 15 is 0 Å². The van der Waals surface area contributed by atoms with E-state index in [-0.39, 0.29) is 5.69 Å². The van der Waals surface area contributed by atoms with E-state index in [1.807, 2.05) is 0 Å². The van der Waals surface area contributed by atoms with E-state index < -0.39 is 4.92 Å². The fraction of sp³-hybridized carbons (Fsp3) is 0.500. The SMILES string of the molecule is CNCc1cc([N+](=O)[O-])ccc1OCC(C)C. The molecule has 1 rings (SSSR count). The van der Waals surface area contributed by atoms with Crippen molar-refractivity contribution in [3.8, 4) is 5.75 Å². The van der Waals surface area contributed by atoms with Crippen molar-refractivity contribution in [2.75, 3.05) is 13.7 Å². The highest BCUT2D eigenvalue weighted by Crippen LogP contribution is 2.24. The van der Waals surface area contributed by atoms with Gasteiger partial charge in [0.25, 0.3) is 5.69 Å². The van der Waals surface area contributed by atoms with Crippen LogP contribution in [0, 0.1) is 16.0 Å². The minimum absolute atomic E-state index is 0.0900. The summed E-state index contributed by atoms with van der Waals surface area (Å²) in [4.78, 5) is 10.3. The summed E-state index contributed by atoms with van der Waals surface area (Å²) >= 11 is 0. The van der Waals surface area contributed by atoms with Crippen molar-refractivity contribution < 1.29 is 9.66 Å². The maximum Gasteiger partial charge on any atom is 0.270 e. The Morgan fingerprint density at radius 3 is 2.71 bits per heavy atom. The largest absolute Gasteiger partial charge is 0.493 e. The van der Waals surface area contributed by atoms with Gasteiger partial charge in [0.15, 0.2) is 0 Å². The summed E-state index contributed by atoms with van der Waals surface area (Å²) in [6, 6.07) is 4.67. The molecule has 5 heteroatoms. The Morgan fingerprint density at radius 1 is 1.47 bits per heavy atom. The molecule has 1 N–H and O–H groups in total. The zero-order valence-electron chi connectivity index (χ0n) is 10.4. The van der Waals surface area contributed by atoms with Crippen LogP contribution in [0.3, 0.4) is 0 Å². The van der Waals surface area contributed by atoms with Crippen molar-refractivity contribution in [1.82, 2.24) is 5.32 Å². The van der Waals surface area contributed by atoms with Crippen LogP contribution in [0.5, 0.6) is 5.75 Å². The highest BCUT2D eigenvalue weighted by atomic mass is 16.6. The molecule has 0 saturated carbocycles. The van der Waals surface area contributed by atoms with Gasteiger partial charge in [-0.2, -0.15) is 0 Å². The average Bonchev–Trinajstić information content (AvgIpc) is 2.27. The number of ether oxygens (including phenoxy) is 1. The number of non-ortho nitro benzene ring substituents is 1. The summed E-state index contributed by atoms with van der Waals surface area (Å²) in [5, 5.41) is 13.7. The highest BCUT2D eigenvalue weighted by Gasteiger charge is 2.11. The standard InChI is InChI=1S/C12H18N2O3/c1-9(2)8-17-12-5-4-11(14(15)16)6-10(12)7-13-3/h4-6,9,13H,7-8H2,1-3H3. The first-order valence-corrected chi connectivity index (χ1v) is 5.59. The van der Waals surface area contributed by atoms with Crippen LogP contribution in [0.2, 0.25) is 0 Å².